The van der Waals surface area contributed by atoms with Gasteiger partial charge in [-0.05, 0) is 62.3 Å². The van der Waals surface area contributed by atoms with E-state index >= 15 is 0 Å². The highest BCUT2D eigenvalue weighted by Gasteiger charge is 2.25. The lowest BCUT2D eigenvalue weighted by Gasteiger charge is -2.26. The number of hydrogen-bond donors (Lipinski definition) is 0. The summed E-state index contributed by atoms with van der Waals surface area (Å²) in [5, 5.41) is 0.721. The number of aromatic nitrogens is 2. The average Bonchev–Trinajstić information content (AvgIpc) is 2.97. The predicted octanol–water partition coefficient (Wildman–Crippen LogP) is 3.70. The van der Waals surface area contributed by atoms with Crippen LogP contribution in [-0.4, -0.2) is 21.6 Å². The third kappa shape index (κ3) is 3.43. The predicted molar refractivity (Wildman–Crippen MR) is 103 cm³/mol. The van der Waals surface area contributed by atoms with Gasteiger partial charge >= 0.3 is 5.97 Å². The van der Waals surface area contributed by atoms with Crippen molar-refractivity contribution < 1.29 is 9.53 Å². The Morgan fingerprint density at radius 1 is 1.23 bits per heavy atom. The lowest BCUT2D eigenvalue weighted by Crippen LogP contribution is -2.30. The molecule has 6 heteroatoms. The minimum Gasteiger partial charge on any atom is -0.461 e. The van der Waals surface area contributed by atoms with Crippen LogP contribution in [0.4, 0.5) is 0 Å². The molecule has 2 aliphatic rings. The fourth-order valence-electron chi connectivity index (χ4n) is 4.19. The van der Waals surface area contributed by atoms with Crippen molar-refractivity contribution in [3.8, 4) is 0 Å². The van der Waals surface area contributed by atoms with E-state index in [0.29, 0.717) is 11.8 Å². The molecular weight excluding hydrogens is 348 g/mol. The van der Waals surface area contributed by atoms with E-state index in [-0.39, 0.29) is 24.2 Å². The van der Waals surface area contributed by atoms with Crippen LogP contribution in [0.3, 0.4) is 0 Å². The van der Waals surface area contributed by atoms with Crippen LogP contribution in [0.1, 0.15) is 56.4 Å². The van der Waals surface area contributed by atoms with E-state index < -0.39 is 0 Å². The Kier molecular flexibility index (Phi) is 4.86. The monoisotopic (exact) mass is 374 g/mol. The number of carbonyl (C=O) groups is 1. The van der Waals surface area contributed by atoms with Gasteiger partial charge in [-0.1, -0.05) is 13.8 Å². The Hall–Kier alpha value is -1.69. The number of aryl methyl sites for hydroxylation is 1. The second-order valence-electron chi connectivity index (χ2n) is 8.08. The lowest BCUT2D eigenvalue weighted by atomic mass is 9.89. The molecule has 0 aliphatic heterocycles. The molecule has 2 aliphatic carbocycles. The second kappa shape index (κ2) is 7.14. The molecule has 5 nitrogen and oxygen atoms in total. The van der Waals surface area contributed by atoms with Gasteiger partial charge in [-0.3, -0.25) is 14.2 Å². The van der Waals surface area contributed by atoms with Gasteiger partial charge in [0, 0.05) is 4.88 Å². The van der Waals surface area contributed by atoms with E-state index in [0.717, 1.165) is 60.7 Å². The van der Waals surface area contributed by atoms with Crippen molar-refractivity contribution in [3.63, 3.8) is 0 Å². The molecule has 0 amide bonds. The third-order valence-electron chi connectivity index (χ3n) is 5.84. The minimum atomic E-state index is -0.328. The number of esters is 1. The topological polar surface area (TPSA) is 61.2 Å². The Bertz CT molecular complexity index is 877. The lowest BCUT2D eigenvalue weighted by molar-refractivity contribution is -0.151. The summed E-state index contributed by atoms with van der Waals surface area (Å²) in [7, 11) is 0. The van der Waals surface area contributed by atoms with Crippen molar-refractivity contribution >= 4 is 27.5 Å². The maximum absolute atomic E-state index is 12.9. The molecule has 1 atom stereocenters. The summed E-state index contributed by atoms with van der Waals surface area (Å²) in [6.45, 7) is 4.44. The molecule has 1 fully saturated rings. The number of ether oxygens (including phenoxy) is 1. The van der Waals surface area contributed by atoms with Crippen LogP contribution in [-0.2, 0) is 28.9 Å². The van der Waals surface area contributed by atoms with Gasteiger partial charge in [0.1, 0.15) is 17.5 Å². The molecule has 4 rings (SSSR count). The first-order chi connectivity index (χ1) is 12.5. The van der Waals surface area contributed by atoms with Gasteiger partial charge < -0.3 is 4.74 Å². The zero-order valence-corrected chi connectivity index (χ0v) is 16.3. The molecule has 0 radical (unpaired) electrons. The van der Waals surface area contributed by atoms with E-state index in [1.54, 1.807) is 11.3 Å². The smallest absolute Gasteiger partial charge is 0.326 e. The van der Waals surface area contributed by atoms with Crippen molar-refractivity contribution in [2.24, 2.45) is 11.8 Å². The molecular formula is C20H26N2O3S. The first kappa shape index (κ1) is 17.7. The summed E-state index contributed by atoms with van der Waals surface area (Å²) < 4.78 is 7.01. The van der Waals surface area contributed by atoms with E-state index in [9.17, 15) is 9.59 Å². The van der Waals surface area contributed by atoms with Crippen molar-refractivity contribution in [1.82, 2.24) is 9.55 Å². The van der Waals surface area contributed by atoms with Crippen LogP contribution >= 0.6 is 11.3 Å². The van der Waals surface area contributed by atoms with Gasteiger partial charge in [0.05, 0.1) is 11.7 Å². The molecule has 2 aromatic heterocycles. The quantitative estimate of drug-likeness (QED) is 0.769. The van der Waals surface area contributed by atoms with Gasteiger partial charge in [0.2, 0.25) is 0 Å². The van der Waals surface area contributed by atoms with Crippen molar-refractivity contribution in [2.75, 3.05) is 0 Å². The Balaban J connectivity index is 1.53. The summed E-state index contributed by atoms with van der Waals surface area (Å²) in [6.07, 6.45) is 8.62. The van der Waals surface area contributed by atoms with E-state index in [1.165, 1.54) is 15.8 Å². The number of rotatable bonds is 3. The van der Waals surface area contributed by atoms with Crippen molar-refractivity contribution in [1.29, 1.82) is 0 Å². The average molecular weight is 375 g/mol. The molecule has 1 saturated carbocycles. The van der Waals surface area contributed by atoms with Gasteiger partial charge in [-0.15, -0.1) is 11.3 Å². The standard InChI is InChI=1S/C20H26N2O3S/c1-12-3-6-14(7-4-12)25-17(23)10-22-11-21-19-18(20(22)24)15-8-5-13(2)9-16(15)26-19/h11-14H,3-10H2,1-2H3/t12?,13-,14?/m1/s1. The van der Waals surface area contributed by atoms with E-state index in [4.69, 9.17) is 4.74 Å². The van der Waals surface area contributed by atoms with Crippen molar-refractivity contribution in [3.05, 3.63) is 27.1 Å². The summed E-state index contributed by atoms with van der Waals surface area (Å²) in [5.74, 6) is 1.04. The summed E-state index contributed by atoms with van der Waals surface area (Å²) in [4.78, 5) is 31.8. The first-order valence-electron chi connectivity index (χ1n) is 9.70. The molecule has 0 saturated heterocycles. The van der Waals surface area contributed by atoms with Crippen LogP contribution in [0.2, 0.25) is 0 Å². The Morgan fingerprint density at radius 2 is 2.00 bits per heavy atom. The summed E-state index contributed by atoms with van der Waals surface area (Å²) in [6, 6.07) is 0. The fraction of sp³-hybridized carbons (Fsp3) is 0.650. The maximum Gasteiger partial charge on any atom is 0.326 e. The zero-order valence-electron chi connectivity index (χ0n) is 15.5. The van der Waals surface area contributed by atoms with Crippen molar-refractivity contribution in [2.45, 2.75) is 71.4 Å². The molecule has 26 heavy (non-hydrogen) atoms. The summed E-state index contributed by atoms with van der Waals surface area (Å²) in [5.41, 5.74) is 1.06. The molecule has 0 spiro atoms. The van der Waals surface area contributed by atoms with Crippen LogP contribution in [0.5, 0.6) is 0 Å². The van der Waals surface area contributed by atoms with Crippen LogP contribution in [0.25, 0.3) is 10.2 Å². The minimum absolute atomic E-state index is 0.00138. The molecule has 0 unspecified atom stereocenters. The zero-order chi connectivity index (χ0) is 18.3. The van der Waals surface area contributed by atoms with Gasteiger partial charge in [0.15, 0.2) is 0 Å². The SMILES string of the molecule is CC1CCC(OC(=O)Cn2cnc3sc4c(c3c2=O)CC[C@@H](C)C4)CC1. The fourth-order valence-corrected chi connectivity index (χ4v) is 5.53. The van der Waals surface area contributed by atoms with E-state index in [2.05, 4.69) is 18.8 Å². The highest BCUT2D eigenvalue weighted by molar-refractivity contribution is 7.18. The highest BCUT2D eigenvalue weighted by atomic mass is 32.1. The maximum atomic E-state index is 12.9. The molecule has 0 aromatic carbocycles. The second-order valence-corrected chi connectivity index (χ2v) is 9.16. The highest BCUT2D eigenvalue weighted by Crippen LogP contribution is 2.35. The van der Waals surface area contributed by atoms with Crippen LogP contribution < -0.4 is 5.56 Å². The third-order valence-corrected chi connectivity index (χ3v) is 7.00. The van der Waals surface area contributed by atoms with Crippen LogP contribution in [0, 0.1) is 11.8 Å². The summed E-state index contributed by atoms with van der Waals surface area (Å²) >= 11 is 1.63. The van der Waals surface area contributed by atoms with Gasteiger partial charge in [-0.2, -0.15) is 0 Å². The normalized spacial score (nSPS) is 25.8. The van der Waals surface area contributed by atoms with Gasteiger partial charge in [-0.25, -0.2) is 4.98 Å². The van der Waals surface area contributed by atoms with Gasteiger partial charge in [0.25, 0.3) is 5.56 Å². The molecule has 2 heterocycles. The largest absolute Gasteiger partial charge is 0.461 e. The number of carbonyl (C=O) groups excluding carboxylic acids is 1. The molecule has 140 valence electrons. The Morgan fingerprint density at radius 3 is 2.77 bits per heavy atom. The Labute approximate surface area is 157 Å². The molecule has 0 N–H and O–H groups in total. The first-order valence-corrected chi connectivity index (χ1v) is 10.5. The molecule has 2 aromatic rings. The number of nitrogens with zero attached hydrogens (tertiary/aromatic N) is 2. The van der Waals surface area contributed by atoms with E-state index in [1.807, 2.05) is 0 Å². The van der Waals surface area contributed by atoms with Crippen LogP contribution in [0.15, 0.2) is 11.1 Å². The number of hydrogen-bond acceptors (Lipinski definition) is 5. The number of fused-ring (bicyclic) bond motifs is 3. The number of thiophene rings is 1. The molecule has 0 bridgehead atoms.